The van der Waals surface area contributed by atoms with E-state index in [1.54, 1.807) is 11.4 Å². The first-order valence-electron chi connectivity index (χ1n) is 7.03. The van der Waals surface area contributed by atoms with Gasteiger partial charge in [0.15, 0.2) is 5.82 Å². The van der Waals surface area contributed by atoms with Crippen molar-refractivity contribution in [3.8, 4) is 11.3 Å². The lowest BCUT2D eigenvalue weighted by molar-refractivity contribution is -0.122. The van der Waals surface area contributed by atoms with E-state index < -0.39 is 18.8 Å². The van der Waals surface area contributed by atoms with E-state index in [1.807, 2.05) is 0 Å². The molecule has 0 radical (unpaired) electrons. The van der Waals surface area contributed by atoms with Crippen LogP contribution in [-0.4, -0.2) is 39.6 Å². The lowest BCUT2D eigenvalue weighted by Crippen LogP contribution is -2.36. The number of urea groups is 1. The van der Waals surface area contributed by atoms with Gasteiger partial charge in [-0.15, -0.1) is 0 Å². The molecule has 0 saturated heterocycles. The highest BCUT2D eigenvalue weighted by Gasteiger charge is 2.27. The summed E-state index contributed by atoms with van der Waals surface area (Å²) in [5.74, 6) is 0.267. The Labute approximate surface area is 138 Å². The van der Waals surface area contributed by atoms with Crippen molar-refractivity contribution in [1.82, 2.24) is 20.3 Å². The van der Waals surface area contributed by atoms with E-state index in [9.17, 15) is 22.8 Å². The van der Waals surface area contributed by atoms with Crippen molar-refractivity contribution in [3.05, 3.63) is 30.2 Å². The molecule has 8 nitrogen and oxygen atoms in total. The molecule has 3 amide bonds. The molecule has 3 N–H and O–H groups in total. The maximum Gasteiger partial charge on any atom is 0.405 e. The van der Waals surface area contributed by atoms with Crippen LogP contribution in [0.3, 0.4) is 0 Å². The predicted molar refractivity (Wildman–Crippen MR) is 80.7 cm³/mol. The predicted octanol–water partition coefficient (Wildman–Crippen LogP) is 1.72. The van der Waals surface area contributed by atoms with Crippen LogP contribution >= 0.6 is 0 Å². The maximum absolute atomic E-state index is 12.0. The van der Waals surface area contributed by atoms with Gasteiger partial charge >= 0.3 is 12.2 Å². The highest BCUT2D eigenvalue weighted by molar-refractivity contribution is 6.00. The standard InChI is InChI=1S/C14H11F3N6O2/c15-14(16,17)6-21-13(25)22-10-5-19-9(4-20-10)7-1-2-18-12-8(7)3-11(24)23-12/h1-2,4-5H,3,6H2,(H,18,23,24)(H2,20,21,22,25). The smallest absolute Gasteiger partial charge is 0.329 e. The van der Waals surface area contributed by atoms with E-state index in [0.29, 0.717) is 22.6 Å². The van der Waals surface area contributed by atoms with Gasteiger partial charge < -0.3 is 10.6 Å². The summed E-state index contributed by atoms with van der Waals surface area (Å²) >= 11 is 0. The molecule has 0 aliphatic carbocycles. The quantitative estimate of drug-likeness (QED) is 0.779. The number of aromatic nitrogens is 3. The summed E-state index contributed by atoms with van der Waals surface area (Å²) in [6, 6.07) is 0.630. The van der Waals surface area contributed by atoms with Gasteiger partial charge in [0.05, 0.1) is 24.5 Å². The topological polar surface area (TPSA) is 109 Å². The zero-order valence-corrected chi connectivity index (χ0v) is 12.5. The summed E-state index contributed by atoms with van der Waals surface area (Å²) in [5.41, 5.74) is 1.78. The molecule has 0 fully saturated rings. The summed E-state index contributed by atoms with van der Waals surface area (Å²) in [7, 11) is 0. The second kappa shape index (κ2) is 6.34. The lowest BCUT2D eigenvalue weighted by atomic mass is 10.1. The Bertz CT molecular complexity index is 822. The van der Waals surface area contributed by atoms with Gasteiger partial charge in [0.25, 0.3) is 0 Å². The van der Waals surface area contributed by atoms with Crippen molar-refractivity contribution in [2.45, 2.75) is 12.6 Å². The van der Waals surface area contributed by atoms with E-state index in [1.165, 1.54) is 18.6 Å². The summed E-state index contributed by atoms with van der Waals surface area (Å²) in [6.45, 7) is -1.45. The molecule has 2 aromatic heterocycles. The number of pyridine rings is 1. The normalized spacial score (nSPS) is 13.2. The minimum Gasteiger partial charge on any atom is -0.329 e. The molecule has 0 bridgehead atoms. The summed E-state index contributed by atoms with van der Waals surface area (Å²) in [5, 5.41) is 6.43. The Balaban J connectivity index is 1.71. The molecule has 0 spiro atoms. The van der Waals surface area contributed by atoms with Crippen molar-refractivity contribution in [2.24, 2.45) is 0 Å². The Hall–Kier alpha value is -3.24. The number of nitrogens with zero attached hydrogens (tertiary/aromatic N) is 3. The van der Waals surface area contributed by atoms with Gasteiger partial charge in [0.2, 0.25) is 5.91 Å². The largest absolute Gasteiger partial charge is 0.405 e. The van der Waals surface area contributed by atoms with Crippen LogP contribution in [0.5, 0.6) is 0 Å². The van der Waals surface area contributed by atoms with E-state index in [2.05, 4.69) is 25.6 Å². The van der Waals surface area contributed by atoms with Crippen LogP contribution in [-0.2, 0) is 11.2 Å². The second-order valence-electron chi connectivity index (χ2n) is 5.12. The molecule has 130 valence electrons. The molecule has 3 rings (SSSR count). The molecular weight excluding hydrogens is 341 g/mol. The zero-order valence-electron chi connectivity index (χ0n) is 12.5. The summed E-state index contributed by atoms with van der Waals surface area (Å²) < 4.78 is 36.1. The molecule has 25 heavy (non-hydrogen) atoms. The van der Waals surface area contributed by atoms with Crippen molar-refractivity contribution < 1.29 is 22.8 Å². The van der Waals surface area contributed by atoms with Crippen molar-refractivity contribution in [1.29, 1.82) is 0 Å². The third-order valence-corrected chi connectivity index (χ3v) is 3.27. The number of alkyl halides is 3. The highest BCUT2D eigenvalue weighted by atomic mass is 19.4. The molecule has 0 saturated carbocycles. The van der Waals surface area contributed by atoms with Crippen molar-refractivity contribution in [3.63, 3.8) is 0 Å². The first-order valence-corrected chi connectivity index (χ1v) is 7.03. The molecule has 1 aliphatic rings. The number of carbonyl (C=O) groups is 2. The number of halogens is 3. The third kappa shape index (κ3) is 4.00. The van der Waals surface area contributed by atoms with Gasteiger partial charge in [-0.3, -0.25) is 15.1 Å². The van der Waals surface area contributed by atoms with Crippen LogP contribution in [0.15, 0.2) is 24.7 Å². The number of rotatable bonds is 3. The monoisotopic (exact) mass is 352 g/mol. The van der Waals surface area contributed by atoms with Gasteiger partial charge in [0, 0.05) is 17.3 Å². The zero-order chi connectivity index (χ0) is 18.0. The Morgan fingerprint density at radius 1 is 1.24 bits per heavy atom. The summed E-state index contributed by atoms with van der Waals surface area (Å²) in [4.78, 5) is 34.9. The molecule has 1 aliphatic heterocycles. The van der Waals surface area contributed by atoms with Gasteiger partial charge in [0.1, 0.15) is 12.4 Å². The molecule has 3 heterocycles. The fourth-order valence-electron chi connectivity index (χ4n) is 2.23. The fraction of sp³-hybridized carbons (Fsp3) is 0.214. The number of hydrogen-bond donors (Lipinski definition) is 3. The number of hydrogen-bond acceptors (Lipinski definition) is 5. The van der Waals surface area contributed by atoms with E-state index in [-0.39, 0.29) is 18.1 Å². The third-order valence-electron chi connectivity index (χ3n) is 3.27. The first-order chi connectivity index (χ1) is 11.8. The minimum absolute atomic E-state index is 0.0108. The van der Waals surface area contributed by atoms with Crippen LogP contribution < -0.4 is 16.0 Å². The number of nitrogens with one attached hydrogen (secondary N) is 3. The van der Waals surface area contributed by atoms with E-state index in [0.717, 1.165) is 0 Å². The van der Waals surface area contributed by atoms with E-state index >= 15 is 0 Å². The average Bonchev–Trinajstić information content (AvgIpc) is 2.93. The number of anilines is 2. The van der Waals surface area contributed by atoms with Crippen LogP contribution in [0, 0.1) is 0 Å². The first kappa shape index (κ1) is 16.6. The van der Waals surface area contributed by atoms with Crippen molar-refractivity contribution >= 4 is 23.6 Å². The van der Waals surface area contributed by atoms with Crippen LogP contribution in [0.25, 0.3) is 11.3 Å². The second-order valence-corrected chi connectivity index (χ2v) is 5.12. The molecule has 11 heteroatoms. The van der Waals surface area contributed by atoms with Crippen LogP contribution in [0.4, 0.5) is 29.6 Å². The Morgan fingerprint density at radius 3 is 2.72 bits per heavy atom. The average molecular weight is 352 g/mol. The van der Waals surface area contributed by atoms with E-state index in [4.69, 9.17) is 0 Å². The molecule has 2 aromatic rings. The van der Waals surface area contributed by atoms with Crippen LogP contribution in [0.2, 0.25) is 0 Å². The number of fused-ring (bicyclic) bond motifs is 1. The summed E-state index contributed by atoms with van der Waals surface area (Å²) in [6.07, 6.45) is -0.268. The van der Waals surface area contributed by atoms with Gasteiger partial charge in [-0.2, -0.15) is 13.2 Å². The fourth-order valence-corrected chi connectivity index (χ4v) is 2.23. The molecular formula is C14H11F3N6O2. The Morgan fingerprint density at radius 2 is 2.04 bits per heavy atom. The van der Waals surface area contributed by atoms with Gasteiger partial charge in [-0.1, -0.05) is 0 Å². The highest BCUT2D eigenvalue weighted by Crippen LogP contribution is 2.30. The number of amides is 3. The maximum atomic E-state index is 12.0. The van der Waals surface area contributed by atoms with Crippen molar-refractivity contribution in [2.75, 3.05) is 17.2 Å². The van der Waals surface area contributed by atoms with Gasteiger partial charge in [-0.05, 0) is 6.07 Å². The molecule has 0 unspecified atom stereocenters. The van der Waals surface area contributed by atoms with Crippen LogP contribution in [0.1, 0.15) is 5.56 Å². The SMILES string of the molecule is O=C1Cc2c(-c3cnc(NC(=O)NCC(F)(F)F)cn3)ccnc2N1. The number of carbonyl (C=O) groups excluding carboxylic acids is 2. The van der Waals surface area contributed by atoms with Gasteiger partial charge in [-0.25, -0.2) is 14.8 Å². The lowest BCUT2D eigenvalue weighted by Gasteiger charge is -2.10. The Kier molecular flexibility index (Phi) is 4.21. The molecule has 0 aromatic carbocycles. The molecule has 0 atom stereocenters. The minimum atomic E-state index is -4.50.